The highest BCUT2D eigenvalue weighted by Gasteiger charge is 2.45. The summed E-state index contributed by atoms with van der Waals surface area (Å²) in [4.78, 5) is 14.3. The van der Waals surface area contributed by atoms with Crippen molar-refractivity contribution in [2.24, 2.45) is 5.92 Å². The Hall–Kier alpha value is -0.610. The van der Waals surface area contributed by atoms with Gasteiger partial charge in [0.15, 0.2) is 0 Å². The summed E-state index contributed by atoms with van der Waals surface area (Å²) in [6.07, 6.45) is 0.838. The van der Waals surface area contributed by atoms with Gasteiger partial charge in [-0.2, -0.15) is 0 Å². The van der Waals surface area contributed by atoms with Crippen molar-refractivity contribution in [1.82, 2.24) is 10.2 Å². The second-order valence-corrected chi connectivity index (χ2v) is 5.66. The second kappa shape index (κ2) is 5.83. The van der Waals surface area contributed by atoms with Crippen molar-refractivity contribution >= 4 is 5.97 Å². The molecule has 1 rings (SSSR count). The number of esters is 1. The van der Waals surface area contributed by atoms with Crippen molar-refractivity contribution in [1.29, 1.82) is 0 Å². The minimum absolute atomic E-state index is 0.124. The average Bonchev–Trinajstić information content (AvgIpc) is 2.71. The third-order valence-corrected chi connectivity index (χ3v) is 3.45. The fourth-order valence-electron chi connectivity index (χ4n) is 2.26. The van der Waals surface area contributed by atoms with E-state index in [1.807, 2.05) is 0 Å². The fourth-order valence-corrected chi connectivity index (χ4v) is 2.26. The second-order valence-electron chi connectivity index (χ2n) is 5.66. The lowest BCUT2D eigenvalue weighted by atomic mass is 9.97. The minimum atomic E-state index is -0.497. The van der Waals surface area contributed by atoms with Crippen LogP contribution in [0.4, 0.5) is 0 Å². The lowest BCUT2D eigenvalue weighted by Crippen LogP contribution is -2.56. The van der Waals surface area contributed by atoms with E-state index in [4.69, 9.17) is 4.74 Å². The van der Waals surface area contributed by atoms with Crippen LogP contribution in [0.3, 0.4) is 0 Å². The van der Waals surface area contributed by atoms with Crippen LogP contribution in [0.25, 0.3) is 0 Å². The number of ether oxygens (including phenoxy) is 1. The predicted octanol–water partition coefficient (Wildman–Crippen LogP) is 1.26. The predicted molar refractivity (Wildman–Crippen MR) is 68.9 cm³/mol. The SMILES string of the molecule is COC(=O)C1(NCC(C)C)CCN(C(C)C)C1. The number of methoxy groups -OCH3 is 1. The Morgan fingerprint density at radius 1 is 1.41 bits per heavy atom. The highest BCUT2D eigenvalue weighted by molar-refractivity contribution is 5.81. The Morgan fingerprint density at radius 3 is 2.47 bits per heavy atom. The van der Waals surface area contributed by atoms with Gasteiger partial charge in [0.2, 0.25) is 0 Å². The van der Waals surface area contributed by atoms with Crippen molar-refractivity contribution in [2.75, 3.05) is 26.7 Å². The summed E-state index contributed by atoms with van der Waals surface area (Å²) in [6.45, 7) is 11.2. The molecule has 0 amide bonds. The Morgan fingerprint density at radius 2 is 2.06 bits per heavy atom. The van der Waals surface area contributed by atoms with Gasteiger partial charge in [0, 0.05) is 19.1 Å². The van der Waals surface area contributed by atoms with Crippen molar-refractivity contribution in [3.05, 3.63) is 0 Å². The number of hydrogen-bond donors (Lipinski definition) is 1. The molecule has 100 valence electrons. The van der Waals surface area contributed by atoms with Gasteiger partial charge < -0.3 is 10.1 Å². The van der Waals surface area contributed by atoms with E-state index in [1.165, 1.54) is 7.11 Å². The molecule has 1 unspecified atom stereocenters. The molecular weight excluding hydrogens is 216 g/mol. The first kappa shape index (κ1) is 14.5. The number of hydrogen-bond acceptors (Lipinski definition) is 4. The van der Waals surface area contributed by atoms with E-state index in [2.05, 4.69) is 37.9 Å². The molecule has 17 heavy (non-hydrogen) atoms. The molecule has 1 fully saturated rings. The average molecular weight is 242 g/mol. The molecule has 4 nitrogen and oxygen atoms in total. The molecule has 0 aliphatic carbocycles. The number of rotatable bonds is 5. The van der Waals surface area contributed by atoms with Gasteiger partial charge in [-0.15, -0.1) is 0 Å². The number of carbonyl (C=O) groups is 1. The zero-order valence-corrected chi connectivity index (χ0v) is 11.7. The molecule has 4 heteroatoms. The van der Waals surface area contributed by atoms with Gasteiger partial charge in [-0.1, -0.05) is 13.8 Å². The zero-order chi connectivity index (χ0) is 13.1. The van der Waals surface area contributed by atoms with E-state index in [0.29, 0.717) is 12.0 Å². The van der Waals surface area contributed by atoms with Crippen LogP contribution in [-0.2, 0) is 9.53 Å². The number of nitrogens with one attached hydrogen (secondary N) is 1. The van der Waals surface area contributed by atoms with Gasteiger partial charge in [-0.05, 0) is 32.7 Å². The van der Waals surface area contributed by atoms with Crippen LogP contribution >= 0.6 is 0 Å². The molecule has 1 saturated heterocycles. The molecule has 0 aromatic carbocycles. The molecule has 1 N–H and O–H groups in total. The van der Waals surface area contributed by atoms with Crippen LogP contribution in [-0.4, -0.2) is 49.2 Å². The van der Waals surface area contributed by atoms with Crippen molar-refractivity contribution in [3.8, 4) is 0 Å². The maximum absolute atomic E-state index is 12.0. The molecule has 0 saturated carbocycles. The first-order valence-corrected chi connectivity index (χ1v) is 6.49. The van der Waals surface area contributed by atoms with Gasteiger partial charge in [-0.3, -0.25) is 9.69 Å². The van der Waals surface area contributed by atoms with Crippen LogP contribution < -0.4 is 5.32 Å². The Labute approximate surface area is 105 Å². The summed E-state index contributed by atoms with van der Waals surface area (Å²) in [5.41, 5.74) is -0.497. The van der Waals surface area contributed by atoms with E-state index in [0.717, 1.165) is 26.1 Å². The summed E-state index contributed by atoms with van der Waals surface area (Å²) in [6, 6.07) is 0.474. The van der Waals surface area contributed by atoms with E-state index in [-0.39, 0.29) is 5.97 Å². The van der Waals surface area contributed by atoms with Gasteiger partial charge in [0.25, 0.3) is 0 Å². The summed E-state index contributed by atoms with van der Waals surface area (Å²) in [5, 5.41) is 3.41. The first-order chi connectivity index (χ1) is 7.91. The number of carbonyl (C=O) groups excluding carboxylic acids is 1. The zero-order valence-electron chi connectivity index (χ0n) is 11.7. The van der Waals surface area contributed by atoms with Crippen LogP contribution in [0, 0.1) is 5.92 Å². The van der Waals surface area contributed by atoms with Crippen molar-refractivity contribution < 1.29 is 9.53 Å². The third-order valence-electron chi connectivity index (χ3n) is 3.45. The number of likely N-dealkylation sites (tertiary alicyclic amines) is 1. The van der Waals surface area contributed by atoms with E-state index in [1.54, 1.807) is 0 Å². The summed E-state index contributed by atoms with van der Waals surface area (Å²) < 4.78 is 4.97. The van der Waals surface area contributed by atoms with E-state index in [9.17, 15) is 4.79 Å². The molecule has 1 heterocycles. The summed E-state index contributed by atoms with van der Waals surface area (Å²) in [7, 11) is 1.47. The van der Waals surface area contributed by atoms with Crippen molar-refractivity contribution in [2.45, 2.75) is 45.7 Å². The summed E-state index contributed by atoms with van der Waals surface area (Å²) >= 11 is 0. The highest BCUT2D eigenvalue weighted by atomic mass is 16.5. The monoisotopic (exact) mass is 242 g/mol. The van der Waals surface area contributed by atoms with Gasteiger partial charge in [-0.25, -0.2) is 0 Å². The van der Waals surface area contributed by atoms with Crippen LogP contribution in [0.15, 0.2) is 0 Å². The third kappa shape index (κ3) is 3.42. The standard InChI is InChI=1S/C13H26N2O2/c1-10(2)8-14-13(12(16)17-5)6-7-15(9-13)11(3)4/h10-11,14H,6-9H2,1-5H3. The molecule has 0 aromatic rings. The molecular formula is C13H26N2O2. The van der Waals surface area contributed by atoms with Crippen LogP contribution in [0.2, 0.25) is 0 Å². The smallest absolute Gasteiger partial charge is 0.327 e. The van der Waals surface area contributed by atoms with E-state index < -0.39 is 5.54 Å². The van der Waals surface area contributed by atoms with Crippen molar-refractivity contribution in [3.63, 3.8) is 0 Å². The topological polar surface area (TPSA) is 41.6 Å². The molecule has 0 aromatic heterocycles. The van der Waals surface area contributed by atoms with Gasteiger partial charge in [0.05, 0.1) is 7.11 Å². The minimum Gasteiger partial charge on any atom is -0.468 e. The maximum Gasteiger partial charge on any atom is 0.327 e. The molecule has 0 radical (unpaired) electrons. The Balaban J connectivity index is 2.72. The summed E-state index contributed by atoms with van der Waals surface area (Å²) in [5.74, 6) is 0.408. The van der Waals surface area contributed by atoms with E-state index >= 15 is 0 Å². The Bertz CT molecular complexity index is 266. The van der Waals surface area contributed by atoms with Crippen LogP contribution in [0.5, 0.6) is 0 Å². The highest BCUT2D eigenvalue weighted by Crippen LogP contribution is 2.24. The van der Waals surface area contributed by atoms with Gasteiger partial charge >= 0.3 is 5.97 Å². The van der Waals surface area contributed by atoms with Crippen LogP contribution in [0.1, 0.15) is 34.1 Å². The normalized spacial score (nSPS) is 25.8. The molecule has 0 spiro atoms. The lowest BCUT2D eigenvalue weighted by molar-refractivity contribution is -0.148. The Kier molecular flexibility index (Phi) is 4.95. The maximum atomic E-state index is 12.0. The largest absolute Gasteiger partial charge is 0.468 e. The number of nitrogens with zero attached hydrogens (tertiary/aromatic N) is 1. The molecule has 1 atom stereocenters. The molecule has 1 aliphatic rings. The first-order valence-electron chi connectivity index (χ1n) is 6.49. The molecule has 0 bridgehead atoms. The fraction of sp³-hybridized carbons (Fsp3) is 0.923. The lowest BCUT2D eigenvalue weighted by Gasteiger charge is -2.29. The quantitative estimate of drug-likeness (QED) is 0.737. The van der Waals surface area contributed by atoms with Gasteiger partial charge in [0.1, 0.15) is 5.54 Å². The molecule has 1 aliphatic heterocycles.